The summed E-state index contributed by atoms with van der Waals surface area (Å²) < 4.78 is 40.1. The molecule has 1 N–H and O–H groups in total. The molecule has 1 aliphatic rings. The molecule has 0 bridgehead atoms. The molecule has 51 heavy (non-hydrogen) atoms. The van der Waals surface area contributed by atoms with Gasteiger partial charge >= 0.3 is 0 Å². The van der Waals surface area contributed by atoms with Crippen LogP contribution in [0.4, 0.5) is 0 Å². The molecule has 11 heteroatoms. The molecule has 1 amide bonds. The van der Waals surface area contributed by atoms with Gasteiger partial charge in [-0.15, -0.1) is 6.42 Å². The molecule has 3 aromatic rings. The van der Waals surface area contributed by atoms with Crippen LogP contribution in [0.5, 0.6) is 11.5 Å². The molecule has 1 fully saturated rings. The molecule has 1 unspecified atom stereocenters. The number of terminal acetylenes is 1. The van der Waals surface area contributed by atoms with Gasteiger partial charge in [-0.1, -0.05) is 60.5 Å². The molecule has 3 aromatic carbocycles. The monoisotopic (exact) mass is 715 g/mol. The number of methoxy groups -OCH3 is 2. The van der Waals surface area contributed by atoms with Gasteiger partial charge in [0.2, 0.25) is 5.91 Å². The number of ether oxygens (including phenoxy) is 4. The number of nitrogens with one attached hydrogen (secondary N) is 1. The summed E-state index contributed by atoms with van der Waals surface area (Å²) in [6.45, 7) is 8.85. The maximum atomic E-state index is 12.8. The van der Waals surface area contributed by atoms with E-state index in [1.807, 2.05) is 78.9 Å². The fourth-order valence-electron chi connectivity index (χ4n) is 6.31. The Labute approximate surface area is 304 Å². The first-order chi connectivity index (χ1) is 24.7. The average Bonchev–Trinajstić information content (AvgIpc) is 3.51. The third-order valence-corrected chi connectivity index (χ3v) is 10.8. The molecular formula is C40H50N3O7P. The van der Waals surface area contributed by atoms with Gasteiger partial charge in [0.05, 0.1) is 65.1 Å². The Kier molecular flexibility index (Phi) is 15.3. The lowest BCUT2D eigenvalue weighted by atomic mass is 9.80. The molecule has 272 valence electrons. The fraction of sp³-hybridized carbons (Fsp3) is 0.450. The molecule has 1 saturated heterocycles. The Hall–Kier alpha value is -3.99. The van der Waals surface area contributed by atoms with Crippen molar-refractivity contribution >= 4 is 14.4 Å². The van der Waals surface area contributed by atoms with Crippen LogP contribution in [-0.2, 0) is 28.9 Å². The third-order valence-electron chi connectivity index (χ3n) is 8.60. The summed E-state index contributed by atoms with van der Waals surface area (Å²) in [5.41, 5.74) is 1.60. The largest absolute Gasteiger partial charge is 0.497 e. The second kappa shape index (κ2) is 19.6. The molecule has 0 spiro atoms. The summed E-state index contributed by atoms with van der Waals surface area (Å²) >= 11 is 0. The molecule has 4 rings (SSSR count). The number of benzene rings is 3. The maximum absolute atomic E-state index is 12.8. The van der Waals surface area contributed by atoms with Crippen LogP contribution in [-0.4, -0.2) is 75.0 Å². The van der Waals surface area contributed by atoms with Crippen molar-refractivity contribution in [3.63, 3.8) is 0 Å². The zero-order chi connectivity index (χ0) is 36.8. The van der Waals surface area contributed by atoms with Gasteiger partial charge in [0.15, 0.2) is 0 Å². The first-order valence-corrected chi connectivity index (χ1v) is 18.4. The van der Waals surface area contributed by atoms with E-state index in [1.165, 1.54) is 0 Å². The highest BCUT2D eigenvalue weighted by molar-refractivity contribution is 7.44. The van der Waals surface area contributed by atoms with Crippen LogP contribution in [0.3, 0.4) is 0 Å². The minimum Gasteiger partial charge on any atom is -0.497 e. The predicted octanol–water partition coefficient (Wildman–Crippen LogP) is 6.97. The second-order valence-electron chi connectivity index (χ2n) is 12.7. The molecule has 1 heterocycles. The fourth-order valence-corrected chi connectivity index (χ4v) is 8.07. The Morgan fingerprint density at radius 1 is 0.961 bits per heavy atom. The molecular weight excluding hydrogens is 665 g/mol. The number of nitriles is 1. The van der Waals surface area contributed by atoms with Crippen molar-refractivity contribution in [3.05, 3.63) is 95.6 Å². The first kappa shape index (κ1) is 39.8. The molecule has 1 aliphatic heterocycles. The summed E-state index contributed by atoms with van der Waals surface area (Å²) in [6, 6.07) is 28.1. The minimum absolute atomic E-state index is 0.108. The van der Waals surface area contributed by atoms with E-state index in [-0.39, 0.29) is 50.6 Å². The quantitative estimate of drug-likeness (QED) is 0.0609. The summed E-state index contributed by atoms with van der Waals surface area (Å²) in [5.74, 6) is 3.69. The average molecular weight is 716 g/mol. The van der Waals surface area contributed by atoms with E-state index in [0.29, 0.717) is 6.42 Å². The zero-order valence-electron chi connectivity index (χ0n) is 30.4. The molecule has 4 atom stereocenters. The van der Waals surface area contributed by atoms with E-state index >= 15 is 0 Å². The Bertz CT molecular complexity index is 1530. The van der Waals surface area contributed by atoms with Crippen LogP contribution in [0.2, 0.25) is 0 Å². The maximum Gasteiger partial charge on any atom is 0.259 e. The van der Waals surface area contributed by atoms with E-state index in [2.05, 4.69) is 49.7 Å². The Morgan fingerprint density at radius 3 is 2.04 bits per heavy atom. The number of amides is 1. The van der Waals surface area contributed by atoms with Gasteiger partial charge in [-0.2, -0.15) is 5.26 Å². The normalized spacial score (nSPS) is 18.0. The number of nitrogens with zero attached hydrogens (tertiary/aromatic N) is 2. The van der Waals surface area contributed by atoms with Crippen molar-refractivity contribution in [1.29, 1.82) is 5.26 Å². The highest BCUT2D eigenvalue weighted by atomic mass is 31.2. The van der Waals surface area contributed by atoms with Gasteiger partial charge < -0.3 is 33.3 Å². The topological polar surface area (TPSA) is 112 Å². The smallest absolute Gasteiger partial charge is 0.259 e. The van der Waals surface area contributed by atoms with E-state index in [9.17, 15) is 10.1 Å². The summed E-state index contributed by atoms with van der Waals surface area (Å²) in [4.78, 5) is 12.8. The standard InChI is InChI=1S/C40H50N3O7P/c1-8-24-42-39(44)27-36-26-37(50-51(48-25-12-23-41)43(29(2)3)30(4)5)38(49-36)28-47-40(31-13-10-9-11-14-31,32-15-19-34(45-6)20-16-32)33-17-21-35(46-7)22-18-33/h1,9-11,13-22,29-30,36-38H,12,24-28H2,2-7H3,(H,42,44)/t36-,37+,38-,51?/m1/s1. The lowest BCUT2D eigenvalue weighted by Crippen LogP contribution is -2.39. The van der Waals surface area contributed by atoms with E-state index in [4.69, 9.17) is 34.4 Å². The van der Waals surface area contributed by atoms with E-state index in [0.717, 1.165) is 28.2 Å². The van der Waals surface area contributed by atoms with E-state index < -0.39 is 32.4 Å². The number of carbonyl (C=O) groups is 1. The zero-order valence-corrected chi connectivity index (χ0v) is 31.3. The van der Waals surface area contributed by atoms with Crippen molar-refractivity contribution < 1.29 is 32.8 Å². The number of rotatable bonds is 19. The van der Waals surface area contributed by atoms with E-state index in [1.54, 1.807) is 14.2 Å². The van der Waals surface area contributed by atoms with Gasteiger partial charge in [-0.05, 0) is 68.7 Å². The number of carbonyl (C=O) groups excluding carboxylic acids is 1. The SMILES string of the molecule is C#CCNC(=O)C[C@H]1C[C@H](OP(OCCC#N)N(C(C)C)C(C)C)[C@@H](COC(c2ccccc2)(c2ccc(OC)cc2)c2ccc(OC)cc2)O1. The van der Waals surface area contributed by atoms with Crippen molar-refractivity contribution in [2.24, 2.45) is 0 Å². The van der Waals surface area contributed by atoms with Crippen LogP contribution in [0.25, 0.3) is 0 Å². The van der Waals surface area contributed by atoms with Crippen LogP contribution in [0.1, 0.15) is 63.6 Å². The number of hydrogen-bond acceptors (Lipinski definition) is 9. The molecule has 0 radical (unpaired) electrons. The summed E-state index contributed by atoms with van der Waals surface area (Å²) in [7, 11) is 1.68. The van der Waals surface area contributed by atoms with Crippen molar-refractivity contribution in [2.45, 2.75) is 83.0 Å². The molecule has 0 aromatic heterocycles. The minimum atomic E-state index is -1.59. The molecule has 0 aliphatic carbocycles. The predicted molar refractivity (Wildman–Crippen MR) is 198 cm³/mol. The van der Waals surface area contributed by atoms with Crippen LogP contribution >= 0.6 is 8.53 Å². The first-order valence-electron chi connectivity index (χ1n) is 17.3. The number of hydrogen-bond donors (Lipinski definition) is 1. The third kappa shape index (κ3) is 10.3. The molecule has 10 nitrogen and oxygen atoms in total. The van der Waals surface area contributed by atoms with Crippen LogP contribution in [0.15, 0.2) is 78.9 Å². The highest BCUT2D eigenvalue weighted by Crippen LogP contribution is 2.50. The Balaban J connectivity index is 1.76. The lowest BCUT2D eigenvalue weighted by molar-refractivity contribution is -0.125. The van der Waals surface area contributed by atoms with Gasteiger partial charge in [0.25, 0.3) is 8.53 Å². The summed E-state index contributed by atoms with van der Waals surface area (Å²) in [5, 5.41) is 12.0. The van der Waals surface area contributed by atoms with Gasteiger partial charge in [0.1, 0.15) is 23.2 Å². The Morgan fingerprint density at radius 2 is 1.53 bits per heavy atom. The lowest BCUT2D eigenvalue weighted by Gasteiger charge is -2.39. The highest BCUT2D eigenvalue weighted by Gasteiger charge is 2.44. The van der Waals surface area contributed by atoms with Crippen LogP contribution in [0, 0.1) is 23.7 Å². The van der Waals surface area contributed by atoms with Crippen molar-refractivity contribution in [1.82, 2.24) is 9.99 Å². The van der Waals surface area contributed by atoms with Gasteiger partial charge in [0, 0.05) is 18.5 Å². The second-order valence-corrected chi connectivity index (χ2v) is 14.1. The van der Waals surface area contributed by atoms with Crippen molar-refractivity contribution in [3.8, 4) is 29.9 Å². The van der Waals surface area contributed by atoms with Gasteiger partial charge in [-0.3, -0.25) is 4.79 Å². The summed E-state index contributed by atoms with van der Waals surface area (Å²) in [6.07, 6.45) is 4.67. The van der Waals surface area contributed by atoms with Crippen molar-refractivity contribution in [2.75, 3.05) is 34.0 Å². The van der Waals surface area contributed by atoms with Gasteiger partial charge in [-0.25, -0.2) is 4.67 Å². The molecule has 0 saturated carbocycles. The van der Waals surface area contributed by atoms with Crippen LogP contribution < -0.4 is 14.8 Å².